The number of nitrogens with zero attached hydrogens (tertiary/aromatic N) is 1. The summed E-state index contributed by atoms with van der Waals surface area (Å²) < 4.78 is 0. The number of nitrogens with one attached hydrogen (secondary N) is 2. The van der Waals surface area contributed by atoms with Crippen molar-refractivity contribution in [3.8, 4) is 11.3 Å². The second-order valence-electron chi connectivity index (χ2n) is 3.94. The largest absolute Gasteiger partial charge is 0.388 e. The number of aldehydes is 2. The Morgan fingerprint density at radius 2 is 1.94 bits per heavy atom. The van der Waals surface area contributed by atoms with E-state index >= 15 is 0 Å². The minimum absolute atomic E-state index is 0.465. The molecule has 0 amide bonds. The van der Waals surface area contributed by atoms with Gasteiger partial charge in [-0.05, 0) is 24.6 Å². The van der Waals surface area contributed by atoms with E-state index < -0.39 is 0 Å². The molecule has 0 saturated heterocycles. The van der Waals surface area contributed by atoms with Crippen molar-refractivity contribution >= 4 is 18.3 Å². The molecule has 0 atom stereocenters. The highest BCUT2D eigenvalue weighted by Gasteiger charge is 2.13. The molecule has 2 rings (SSSR count). The lowest BCUT2D eigenvalue weighted by Crippen LogP contribution is -1.98. The first-order valence-corrected chi connectivity index (χ1v) is 5.47. The van der Waals surface area contributed by atoms with Crippen LogP contribution in [0.25, 0.3) is 11.3 Å². The van der Waals surface area contributed by atoms with Gasteiger partial charge in [-0.15, -0.1) is 0 Å². The number of anilines is 1. The van der Waals surface area contributed by atoms with E-state index in [0.29, 0.717) is 16.8 Å². The maximum atomic E-state index is 11.0. The molecule has 0 saturated carbocycles. The molecule has 18 heavy (non-hydrogen) atoms. The molecule has 1 aromatic heterocycles. The lowest BCUT2D eigenvalue weighted by Gasteiger charge is -2.11. The van der Waals surface area contributed by atoms with Crippen molar-refractivity contribution in [3.05, 3.63) is 35.0 Å². The van der Waals surface area contributed by atoms with Crippen molar-refractivity contribution in [2.45, 2.75) is 6.92 Å². The van der Waals surface area contributed by atoms with Gasteiger partial charge in [0.15, 0.2) is 6.29 Å². The number of hydrogen-bond donors (Lipinski definition) is 2. The van der Waals surface area contributed by atoms with E-state index in [9.17, 15) is 9.59 Å². The second kappa shape index (κ2) is 4.83. The summed E-state index contributed by atoms with van der Waals surface area (Å²) in [6.45, 7) is 1.86. The fourth-order valence-electron chi connectivity index (χ4n) is 1.87. The van der Waals surface area contributed by atoms with Crippen LogP contribution in [0.3, 0.4) is 0 Å². The van der Waals surface area contributed by atoms with E-state index in [-0.39, 0.29) is 0 Å². The molecule has 92 valence electrons. The summed E-state index contributed by atoms with van der Waals surface area (Å²) >= 11 is 0. The standard InChI is InChI=1S/C13H13N3O2/c1-8-3-12(14-2)11(4-9(8)6-17)13-10(7-18)5-15-16-13/h3-7,14H,1-2H3,(H,15,16). The molecule has 0 unspecified atom stereocenters. The monoisotopic (exact) mass is 243 g/mol. The van der Waals surface area contributed by atoms with Crippen molar-refractivity contribution in [2.75, 3.05) is 12.4 Å². The predicted molar refractivity (Wildman–Crippen MR) is 69.1 cm³/mol. The van der Waals surface area contributed by atoms with E-state index in [0.717, 1.165) is 29.4 Å². The highest BCUT2D eigenvalue weighted by Crippen LogP contribution is 2.30. The van der Waals surface area contributed by atoms with Gasteiger partial charge >= 0.3 is 0 Å². The van der Waals surface area contributed by atoms with Crippen molar-refractivity contribution < 1.29 is 9.59 Å². The van der Waals surface area contributed by atoms with Gasteiger partial charge in [-0.25, -0.2) is 0 Å². The van der Waals surface area contributed by atoms with Crippen LogP contribution in [0, 0.1) is 6.92 Å². The van der Waals surface area contributed by atoms with Crippen LogP contribution in [0.5, 0.6) is 0 Å². The molecule has 1 aromatic carbocycles. The number of benzene rings is 1. The molecule has 0 aliphatic heterocycles. The van der Waals surface area contributed by atoms with Crippen LogP contribution in [0.2, 0.25) is 0 Å². The lowest BCUT2D eigenvalue weighted by molar-refractivity contribution is 0.111. The number of aromatic nitrogens is 2. The number of carbonyl (C=O) groups is 2. The van der Waals surface area contributed by atoms with Crippen LogP contribution in [0.1, 0.15) is 26.3 Å². The third kappa shape index (κ3) is 1.90. The average molecular weight is 243 g/mol. The van der Waals surface area contributed by atoms with Gasteiger partial charge in [-0.2, -0.15) is 5.10 Å². The molecule has 0 bridgehead atoms. The van der Waals surface area contributed by atoms with Gasteiger partial charge in [-0.1, -0.05) is 0 Å². The summed E-state index contributed by atoms with van der Waals surface area (Å²) in [4.78, 5) is 21.9. The van der Waals surface area contributed by atoms with Crippen molar-refractivity contribution in [1.29, 1.82) is 0 Å². The van der Waals surface area contributed by atoms with E-state index in [1.54, 1.807) is 13.1 Å². The maximum absolute atomic E-state index is 11.0. The summed E-state index contributed by atoms with van der Waals surface area (Å²) in [7, 11) is 1.79. The molecule has 2 aromatic rings. The third-order valence-corrected chi connectivity index (χ3v) is 2.87. The number of carbonyl (C=O) groups excluding carboxylic acids is 2. The van der Waals surface area contributed by atoms with Crippen molar-refractivity contribution in [2.24, 2.45) is 0 Å². The third-order valence-electron chi connectivity index (χ3n) is 2.87. The molecule has 5 nitrogen and oxygen atoms in total. The van der Waals surface area contributed by atoms with Crippen LogP contribution in [-0.4, -0.2) is 29.8 Å². The molecule has 0 spiro atoms. The molecular weight excluding hydrogens is 230 g/mol. The Bertz CT molecular complexity index is 602. The molecule has 0 radical (unpaired) electrons. The first-order valence-electron chi connectivity index (χ1n) is 5.47. The number of aromatic amines is 1. The van der Waals surface area contributed by atoms with Gasteiger partial charge < -0.3 is 5.32 Å². The summed E-state index contributed by atoms with van der Waals surface area (Å²) in [5, 5.41) is 9.68. The molecule has 2 N–H and O–H groups in total. The van der Waals surface area contributed by atoms with Crippen molar-refractivity contribution in [1.82, 2.24) is 10.2 Å². The summed E-state index contributed by atoms with van der Waals surface area (Å²) in [6.07, 6.45) is 3.00. The second-order valence-corrected chi connectivity index (χ2v) is 3.94. The first kappa shape index (κ1) is 12.0. The van der Waals surface area contributed by atoms with E-state index in [2.05, 4.69) is 15.5 Å². The zero-order valence-corrected chi connectivity index (χ0v) is 10.2. The highest BCUT2D eigenvalue weighted by molar-refractivity contribution is 5.92. The topological polar surface area (TPSA) is 74.8 Å². The Hall–Kier alpha value is -2.43. The molecular formula is C13H13N3O2. The van der Waals surface area contributed by atoms with Gasteiger partial charge in [0.05, 0.1) is 17.5 Å². The lowest BCUT2D eigenvalue weighted by atomic mass is 10.00. The zero-order valence-electron chi connectivity index (χ0n) is 10.2. The van der Waals surface area contributed by atoms with Gasteiger partial charge in [0.25, 0.3) is 0 Å². The first-order chi connectivity index (χ1) is 8.71. The Morgan fingerprint density at radius 1 is 1.22 bits per heavy atom. The quantitative estimate of drug-likeness (QED) is 0.806. The predicted octanol–water partition coefficient (Wildman–Crippen LogP) is 2.05. The van der Waals surface area contributed by atoms with E-state index in [4.69, 9.17) is 0 Å². The van der Waals surface area contributed by atoms with Crippen molar-refractivity contribution in [3.63, 3.8) is 0 Å². The zero-order chi connectivity index (χ0) is 13.1. The summed E-state index contributed by atoms with van der Waals surface area (Å²) in [5.41, 5.74) is 4.14. The number of rotatable bonds is 4. The molecule has 1 heterocycles. The Morgan fingerprint density at radius 3 is 2.56 bits per heavy atom. The SMILES string of the molecule is CNc1cc(C)c(C=O)cc1-c1[nH]ncc1C=O. The summed E-state index contributed by atoms with van der Waals surface area (Å²) in [6, 6.07) is 3.61. The normalized spacial score (nSPS) is 10.1. The average Bonchev–Trinajstić information content (AvgIpc) is 2.86. The Balaban J connectivity index is 2.69. The highest BCUT2D eigenvalue weighted by atomic mass is 16.1. The molecule has 5 heteroatoms. The van der Waals surface area contributed by atoms with Crippen LogP contribution in [0.15, 0.2) is 18.3 Å². The molecule has 0 fully saturated rings. The number of aryl methyl sites for hydroxylation is 1. The minimum Gasteiger partial charge on any atom is -0.388 e. The molecule has 0 aliphatic rings. The fourth-order valence-corrected chi connectivity index (χ4v) is 1.87. The Kier molecular flexibility index (Phi) is 3.23. The smallest absolute Gasteiger partial charge is 0.153 e. The number of hydrogen-bond acceptors (Lipinski definition) is 4. The van der Waals surface area contributed by atoms with Crippen LogP contribution >= 0.6 is 0 Å². The van der Waals surface area contributed by atoms with Crippen LogP contribution < -0.4 is 5.32 Å². The van der Waals surface area contributed by atoms with Crippen LogP contribution in [-0.2, 0) is 0 Å². The Labute approximate surface area is 104 Å². The molecule has 0 aliphatic carbocycles. The summed E-state index contributed by atoms with van der Waals surface area (Å²) in [5.74, 6) is 0. The van der Waals surface area contributed by atoms with Gasteiger partial charge in [0, 0.05) is 23.9 Å². The fraction of sp³-hybridized carbons (Fsp3) is 0.154. The number of H-pyrrole nitrogens is 1. The van der Waals surface area contributed by atoms with E-state index in [1.807, 2.05) is 13.0 Å². The van der Waals surface area contributed by atoms with Gasteiger partial charge in [-0.3, -0.25) is 14.7 Å². The minimum atomic E-state index is 0.465. The van der Waals surface area contributed by atoms with E-state index in [1.165, 1.54) is 6.20 Å². The van der Waals surface area contributed by atoms with Crippen LogP contribution in [0.4, 0.5) is 5.69 Å². The van der Waals surface area contributed by atoms with Gasteiger partial charge in [0.2, 0.25) is 0 Å². The maximum Gasteiger partial charge on any atom is 0.153 e. The van der Waals surface area contributed by atoms with Gasteiger partial charge in [0.1, 0.15) is 6.29 Å².